The number of carbonyl (C=O) groups is 1. The van der Waals surface area contributed by atoms with Crippen LogP contribution in [0.15, 0.2) is 16.7 Å². The Kier molecular flexibility index (Phi) is 4.20. The SMILES string of the molecule is O=C(O)c1occc1COCC1CCCCC1. The number of ether oxygens (including phenoxy) is 1. The van der Waals surface area contributed by atoms with E-state index in [9.17, 15) is 4.79 Å². The summed E-state index contributed by atoms with van der Waals surface area (Å²) in [6.45, 7) is 1.05. The molecule has 1 aromatic heterocycles. The van der Waals surface area contributed by atoms with E-state index in [1.807, 2.05) is 0 Å². The van der Waals surface area contributed by atoms with Crippen molar-refractivity contribution in [3.63, 3.8) is 0 Å². The van der Waals surface area contributed by atoms with Crippen LogP contribution in [-0.2, 0) is 11.3 Å². The Bertz CT molecular complexity index is 363. The van der Waals surface area contributed by atoms with Crippen molar-refractivity contribution >= 4 is 5.97 Å². The Hall–Kier alpha value is -1.29. The molecule has 1 N–H and O–H groups in total. The first-order valence-corrected chi connectivity index (χ1v) is 6.15. The van der Waals surface area contributed by atoms with Gasteiger partial charge in [0.25, 0.3) is 0 Å². The third kappa shape index (κ3) is 3.33. The fraction of sp³-hybridized carbons (Fsp3) is 0.615. The van der Waals surface area contributed by atoms with Gasteiger partial charge in [-0.3, -0.25) is 0 Å². The Labute approximate surface area is 101 Å². The average Bonchev–Trinajstić information content (AvgIpc) is 2.79. The van der Waals surface area contributed by atoms with E-state index in [0.29, 0.717) is 18.1 Å². The summed E-state index contributed by atoms with van der Waals surface area (Å²) in [5.41, 5.74) is 0.619. The smallest absolute Gasteiger partial charge is 0.372 e. The van der Waals surface area contributed by atoms with E-state index >= 15 is 0 Å². The van der Waals surface area contributed by atoms with Gasteiger partial charge in [0.15, 0.2) is 0 Å². The van der Waals surface area contributed by atoms with Crippen LogP contribution in [0.5, 0.6) is 0 Å². The van der Waals surface area contributed by atoms with Gasteiger partial charge < -0.3 is 14.3 Å². The third-order valence-corrected chi connectivity index (χ3v) is 3.28. The number of carboxylic acids is 1. The van der Waals surface area contributed by atoms with Gasteiger partial charge in [-0.1, -0.05) is 19.3 Å². The molecule has 17 heavy (non-hydrogen) atoms. The molecule has 1 heterocycles. The lowest BCUT2D eigenvalue weighted by molar-refractivity contribution is 0.0618. The minimum atomic E-state index is -1.04. The molecular formula is C13H18O4. The first-order chi connectivity index (χ1) is 8.27. The Morgan fingerprint density at radius 3 is 2.88 bits per heavy atom. The highest BCUT2D eigenvalue weighted by Gasteiger charge is 2.16. The molecule has 1 aliphatic rings. The highest BCUT2D eigenvalue weighted by molar-refractivity contribution is 5.85. The van der Waals surface area contributed by atoms with E-state index in [1.165, 1.54) is 38.4 Å². The first-order valence-electron chi connectivity index (χ1n) is 6.15. The zero-order chi connectivity index (χ0) is 12.1. The Morgan fingerprint density at radius 2 is 2.18 bits per heavy atom. The van der Waals surface area contributed by atoms with Gasteiger partial charge in [0, 0.05) is 12.2 Å². The molecule has 0 radical (unpaired) electrons. The Morgan fingerprint density at radius 1 is 1.41 bits per heavy atom. The molecule has 4 nitrogen and oxygen atoms in total. The van der Waals surface area contributed by atoms with E-state index in [0.717, 1.165) is 6.61 Å². The topological polar surface area (TPSA) is 59.7 Å². The Balaban J connectivity index is 1.77. The average molecular weight is 238 g/mol. The summed E-state index contributed by atoms with van der Waals surface area (Å²) in [6.07, 6.45) is 7.78. The van der Waals surface area contributed by atoms with Crippen LogP contribution in [0.2, 0.25) is 0 Å². The van der Waals surface area contributed by atoms with Gasteiger partial charge in [0.05, 0.1) is 12.9 Å². The van der Waals surface area contributed by atoms with Crippen LogP contribution in [0.1, 0.15) is 48.2 Å². The van der Waals surface area contributed by atoms with Gasteiger partial charge in [-0.15, -0.1) is 0 Å². The van der Waals surface area contributed by atoms with Crippen molar-refractivity contribution in [2.24, 2.45) is 5.92 Å². The van der Waals surface area contributed by atoms with Crippen molar-refractivity contribution in [2.45, 2.75) is 38.7 Å². The fourth-order valence-corrected chi connectivity index (χ4v) is 2.33. The number of rotatable bonds is 5. The largest absolute Gasteiger partial charge is 0.475 e. The normalized spacial score (nSPS) is 17.2. The summed E-state index contributed by atoms with van der Waals surface area (Å²) in [4.78, 5) is 10.8. The van der Waals surface area contributed by atoms with E-state index in [4.69, 9.17) is 14.3 Å². The predicted molar refractivity (Wildman–Crippen MR) is 61.9 cm³/mol. The summed E-state index contributed by atoms with van der Waals surface area (Å²) in [6, 6.07) is 1.66. The van der Waals surface area contributed by atoms with E-state index in [-0.39, 0.29) is 5.76 Å². The lowest BCUT2D eigenvalue weighted by atomic mass is 9.90. The van der Waals surface area contributed by atoms with Gasteiger partial charge in [-0.05, 0) is 24.8 Å². The molecule has 0 atom stereocenters. The lowest BCUT2D eigenvalue weighted by Crippen LogP contribution is -2.13. The van der Waals surface area contributed by atoms with Crippen molar-refractivity contribution in [3.8, 4) is 0 Å². The summed E-state index contributed by atoms with van der Waals surface area (Å²) in [5, 5.41) is 8.85. The summed E-state index contributed by atoms with van der Waals surface area (Å²) in [7, 11) is 0. The van der Waals surface area contributed by atoms with Crippen LogP contribution < -0.4 is 0 Å². The zero-order valence-corrected chi connectivity index (χ0v) is 9.85. The van der Waals surface area contributed by atoms with Crippen molar-refractivity contribution in [1.82, 2.24) is 0 Å². The van der Waals surface area contributed by atoms with Crippen molar-refractivity contribution in [3.05, 3.63) is 23.7 Å². The molecule has 94 valence electrons. The molecule has 0 bridgehead atoms. The maximum Gasteiger partial charge on any atom is 0.372 e. The zero-order valence-electron chi connectivity index (χ0n) is 9.85. The second kappa shape index (κ2) is 5.87. The molecule has 0 unspecified atom stereocenters. The van der Waals surface area contributed by atoms with Gasteiger partial charge in [0.2, 0.25) is 5.76 Å². The van der Waals surface area contributed by atoms with Crippen LogP contribution in [0, 0.1) is 5.92 Å². The standard InChI is InChI=1S/C13H18O4/c14-13(15)12-11(6-7-17-12)9-16-8-10-4-2-1-3-5-10/h6-7,10H,1-5,8-9H2,(H,14,15). The van der Waals surface area contributed by atoms with Gasteiger partial charge >= 0.3 is 5.97 Å². The molecular weight excluding hydrogens is 220 g/mol. The molecule has 1 aromatic rings. The van der Waals surface area contributed by atoms with Crippen LogP contribution in [0.25, 0.3) is 0 Å². The van der Waals surface area contributed by atoms with E-state index in [2.05, 4.69) is 0 Å². The highest BCUT2D eigenvalue weighted by Crippen LogP contribution is 2.24. The van der Waals surface area contributed by atoms with Crippen molar-refractivity contribution in [2.75, 3.05) is 6.61 Å². The number of hydrogen-bond acceptors (Lipinski definition) is 3. The lowest BCUT2D eigenvalue weighted by Gasteiger charge is -2.21. The predicted octanol–water partition coefficient (Wildman–Crippen LogP) is 3.07. The van der Waals surface area contributed by atoms with Crippen molar-refractivity contribution < 1.29 is 19.1 Å². The molecule has 0 amide bonds. The third-order valence-electron chi connectivity index (χ3n) is 3.28. The van der Waals surface area contributed by atoms with Crippen molar-refractivity contribution in [1.29, 1.82) is 0 Å². The molecule has 1 aliphatic carbocycles. The number of carboxylic acid groups (broad SMARTS) is 1. The summed E-state index contributed by atoms with van der Waals surface area (Å²) in [5.74, 6) is -0.399. The second-order valence-corrected chi connectivity index (χ2v) is 4.60. The molecule has 0 aromatic carbocycles. The minimum absolute atomic E-state index is 0.00589. The fourth-order valence-electron chi connectivity index (χ4n) is 2.33. The number of aromatic carboxylic acids is 1. The minimum Gasteiger partial charge on any atom is -0.475 e. The van der Waals surface area contributed by atoms with Crippen LogP contribution in [0.3, 0.4) is 0 Å². The molecule has 2 rings (SSSR count). The van der Waals surface area contributed by atoms with Crippen LogP contribution >= 0.6 is 0 Å². The van der Waals surface area contributed by atoms with E-state index < -0.39 is 5.97 Å². The highest BCUT2D eigenvalue weighted by atomic mass is 16.5. The quantitative estimate of drug-likeness (QED) is 0.856. The summed E-state index contributed by atoms with van der Waals surface area (Å²) >= 11 is 0. The van der Waals surface area contributed by atoms with Crippen LogP contribution in [0.4, 0.5) is 0 Å². The molecule has 0 saturated heterocycles. The van der Waals surface area contributed by atoms with E-state index in [1.54, 1.807) is 6.07 Å². The number of hydrogen-bond donors (Lipinski definition) is 1. The second-order valence-electron chi connectivity index (χ2n) is 4.60. The summed E-state index contributed by atoms with van der Waals surface area (Å²) < 4.78 is 10.5. The first kappa shape index (κ1) is 12.2. The number of furan rings is 1. The molecule has 0 spiro atoms. The maximum atomic E-state index is 10.8. The molecule has 4 heteroatoms. The monoisotopic (exact) mass is 238 g/mol. The molecule has 1 saturated carbocycles. The maximum absolute atomic E-state index is 10.8. The molecule has 0 aliphatic heterocycles. The van der Waals surface area contributed by atoms with Gasteiger partial charge in [-0.2, -0.15) is 0 Å². The van der Waals surface area contributed by atoms with Gasteiger partial charge in [0.1, 0.15) is 0 Å². The molecule has 1 fully saturated rings. The van der Waals surface area contributed by atoms with Gasteiger partial charge in [-0.25, -0.2) is 4.79 Å². The van der Waals surface area contributed by atoms with Crippen LogP contribution in [-0.4, -0.2) is 17.7 Å².